The molecule has 1 heterocycles. The summed E-state index contributed by atoms with van der Waals surface area (Å²) in [6, 6.07) is 3.53. The van der Waals surface area contributed by atoms with Crippen molar-refractivity contribution >= 4 is 54.8 Å². The molecule has 0 bridgehead atoms. The maximum Gasteiger partial charge on any atom is 1.00 e. The van der Waals surface area contributed by atoms with Crippen LogP contribution in [0.25, 0.3) is 0 Å². The van der Waals surface area contributed by atoms with E-state index in [0.29, 0.717) is 0 Å². The molecule has 154 valence electrons. The van der Waals surface area contributed by atoms with Gasteiger partial charge in [-0.2, -0.15) is 15.0 Å². The second-order valence-corrected chi connectivity index (χ2v) is 9.38. The van der Waals surface area contributed by atoms with Crippen molar-refractivity contribution in [3.63, 3.8) is 0 Å². The number of nitrogens with zero attached hydrogens (tertiary/aromatic N) is 3. The van der Waals surface area contributed by atoms with E-state index in [2.05, 4.69) is 25.6 Å². The molecule has 0 amide bonds. The van der Waals surface area contributed by atoms with Crippen molar-refractivity contribution in [1.82, 2.24) is 15.0 Å². The molecular formula is C13H16ClN6NaO6S2. The molecule has 0 fully saturated rings. The van der Waals surface area contributed by atoms with Gasteiger partial charge in [-0.25, -0.2) is 16.8 Å². The van der Waals surface area contributed by atoms with Gasteiger partial charge >= 0.3 is 29.6 Å². The van der Waals surface area contributed by atoms with Crippen molar-refractivity contribution in [2.24, 2.45) is 0 Å². The van der Waals surface area contributed by atoms with Crippen molar-refractivity contribution in [1.29, 1.82) is 0 Å². The smallest absolute Gasteiger partial charge is 0.744 e. The number of aliphatic hydroxyl groups excluding tert-OH is 1. The summed E-state index contributed by atoms with van der Waals surface area (Å²) in [4.78, 5) is 11.1. The second-order valence-electron chi connectivity index (χ2n) is 5.39. The minimum absolute atomic E-state index is 0. The standard InChI is InChI=1S/C13H17ClN6O6S2.Na/c14-11-18-12(16-3-5-27(22,23)6-4-21)20-13(19-11)17-8-1-2-10(9(15)7-8)28(24,25)26;/h1-2,7,21H,3-6,15H2,(H,24,25,26)(H2,16,17,18,19,20);/q;+1/p-1. The van der Waals surface area contributed by atoms with E-state index in [1.807, 2.05) is 0 Å². The molecular weight excluding hydrogens is 459 g/mol. The third-order valence-electron chi connectivity index (χ3n) is 3.24. The molecule has 1 aromatic carbocycles. The van der Waals surface area contributed by atoms with Crippen LogP contribution in [0.4, 0.5) is 23.3 Å². The van der Waals surface area contributed by atoms with E-state index < -0.39 is 31.5 Å². The third-order valence-corrected chi connectivity index (χ3v) is 5.95. The second kappa shape index (κ2) is 10.7. The van der Waals surface area contributed by atoms with Crippen molar-refractivity contribution in [2.45, 2.75) is 4.90 Å². The topological polar surface area (TPSA) is 200 Å². The number of hydrogen-bond donors (Lipinski definition) is 4. The Bertz CT molecular complexity index is 1070. The molecule has 29 heavy (non-hydrogen) atoms. The van der Waals surface area contributed by atoms with Crippen LogP contribution in [0.15, 0.2) is 23.1 Å². The zero-order valence-electron chi connectivity index (χ0n) is 15.2. The Morgan fingerprint density at radius 2 is 1.76 bits per heavy atom. The molecule has 0 aliphatic rings. The fourth-order valence-corrected chi connectivity index (χ4v) is 3.67. The molecule has 0 radical (unpaired) electrons. The molecule has 0 aliphatic heterocycles. The summed E-state index contributed by atoms with van der Waals surface area (Å²) in [6.45, 7) is -0.491. The summed E-state index contributed by atoms with van der Waals surface area (Å²) in [6.07, 6.45) is 0. The van der Waals surface area contributed by atoms with E-state index in [-0.39, 0.29) is 76.2 Å². The van der Waals surface area contributed by atoms with Crippen LogP contribution in [0, 0.1) is 0 Å². The van der Waals surface area contributed by atoms with Gasteiger partial charge in [0.25, 0.3) is 0 Å². The summed E-state index contributed by atoms with van der Waals surface area (Å²) in [5.74, 6) is -0.636. The zero-order valence-corrected chi connectivity index (χ0v) is 19.6. The van der Waals surface area contributed by atoms with Gasteiger partial charge in [-0.15, -0.1) is 0 Å². The van der Waals surface area contributed by atoms with Crippen LogP contribution in [0.5, 0.6) is 0 Å². The van der Waals surface area contributed by atoms with Crippen LogP contribution < -0.4 is 45.9 Å². The van der Waals surface area contributed by atoms with Gasteiger partial charge in [-0.3, -0.25) is 0 Å². The summed E-state index contributed by atoms with van der Waals surface area (Å²) >= 11 is 5.81. The van der Waals surface area contributed by atoms with Gasteiger partial charge in [0.15, 0.2) is 9.84 Å². The number of nitrogen functional groups attached to an aromatic ring is 1. The molecule has 0 aliphatic carbocycles. The first-order valence-corrected chi connectivity index (χ1v) is 11.2. The maximum absolute atomic E-state index is 11.6. The van der Waals surface area contributed by atoms with Crippen LogP contribution in [0.3, 0.4) is 0 Å². The first-order valence-electron chi connectivity index (χ1n) is 7.59. The molecule has 2 aromatic rings. The Hall–Kier alpha value is -1.26. The normalized spacial score (nSPS) is 11.6. The van der Waals surface area contributed by atoms with Gasteiger partial charge in [0, 0.05) is 12.2 Å². The van der Waals surface area contributed by atoms with Crippen LogP contribution in [0.1, 0.15) is 0 Å². The Labute approximate surface area is 194 Å². The molecule has 0 atom stereocenters. The van der Waals surface area contributed by atoms with Gasteiger partial charge in [0.05, 0.1) is 28.7 Å². The summed E-state index contributed by atoms with van der Waals surface area (Å²) < 4.78 is 56.3. The minimum atomic E-state index is -4.70. The number of sulfone groups is 1. The van der Waals surface area contributed by atoms with E-state index in [9.17, 15) is 21.4 Å². The van der Waals surface area contributed by atoms with Gasteiger partial charge in [0.2, 0.25) is 17.2 Å². The molecule has 0 spiro atoms. The number of rotatable bonds is 9. The van der Waals surface area contributed by atoms with Crippen molar-refractivity contribution in [2.75, 3.05) is 41.0 Å². The number of hydrogen-bond acceptors (Lipinski definition) is 12. The van der Waals surface area contributed by atoms with Crippen molar-refractivity contribution < 1.29 is 56.1 Å². The Balaban J connectivity index is 0.00000420. The first kappa shape index (κ1) is 25.8. The quantitative estimate of drug-likeness (QED) is 0.159. The van der Waals surface area contributed by atoms with E-state index in [4.69, 9.17) is 22.4 Å². The molecule has 2 rings (SSSR count). The average molecular weight is 475 g/mol. The van der Waals surface area contributed by atoms with Gasteiger partial charge in [-0.05, 0) is 29.8 Å². The Kier molecular flexibility index (Phi) is 9.49. The Morgan fingerprint density at radius 1 is 1.10 bits per heavy atom. The van der Waals surface area contributed by atoms with Crippen LogP contribution >= 0.6 is 11.6 Å². The molecule has 1 aromatic heterocycles. The maximum atomic E-state index is 11.6. The summed E-state index contributed by atoms with van der Waals surface area (Å²) in [5.41, 5.74) is 5.59. The zero-order chi connectivity index (χ0) is 20.9. The minimum Gasteiger partial charge on any atom is -0.744 e. The van der Waals surface area contributed by atoms with E-state index in [1.165, 1.54) is 12.1 Å². The number of nitrogens with two attached hydrogens (primary N) is 1. The van der Waals surface area contributed by atoms with Gasteiger partial charge < -0.3 is 26.0 Å². The molecule has 12 nitrogen and oxygen atoms in total. The van der Waals surface area contributed by atoms with Gasteiger partial charge in [0.1, 0.15) is 10.1 Å². The Morgan fingerprint density at radius 3 is 2.34 bits per heavy atom. The number of nitrogens with one attached hydrogen (secondary N) is 2. The fourth-order valence-electron chi connectivity index (χ4n) is 2.03. The number of halogens is 1. The predicted molar refractivity (Wildman–Crippen MR) is 101 cm³/mol. The monoisotopic (exact) mass is 474 g/mol. The SMILES string of the molecule is Nc1cc(Nc2nc(Cl)nc(NCCS(=O)(=O)CCO)n2)ccc1S(=O)(=O)[O-].[Na+]. The first-order chi connectivity index (χ1) is 13.0. The number of aliphatic hydroxyl groups is 1. The molecule has 16 heteroatoms. The molecule has 0 unspecified atom stereocenters. The summed E-state index contributed by atoms with van der Waals surface area (Å²) in [7, 11) is -8.12. The summed E-state index contributed by atoms with van der Waals surface area (Å²) in [5, 5.41) is 13.9. The van der Waals surface area contributed by atoms with Crippen molar-refractivity contribution in [3.05, 3.63) is 23.5 Å². The number of anilines is 4. The van der Waals surface area contributed by atoms with E-state index in [0.717, 1.165) is 6.07 Å². The number of benzene rings is 1. The average Bonchev–Trinajstić information content (AvgIpc) is 2.52. The van der Waals surface area contributed by atoms with Crippen LogP contribution in [-0.2, 0) is 20.0 Å². The van der Waals surface area contributed by atoms with Crippen LogP contribution in [-0.4, -0.2) is 66.1 Å². The predicted octanol–water partition coefficient (Wildman–Crippen LogP) is -3.42. The molecule has 5 N–H and O–H groups in total. The number of aromatic nitrogens is 3. The third kappa shape index (κ3) is 8.18. The van der Waals surface area contributed by atoms with Gasteiger partial charge in [-0.1, -0.05) is 0 Å². The van der Waals surface area contributed by atoms with E-state index in [1.54, 1.807) is 0 Å². The molecule has 0 saturated carbocycles. The molecule has 0 saturated heterocycles. The van der Waals surface area contributed by atoms with Crippen molar-refractivity contribution in [3.8, 4) is 0 Å². The van der Waals surface area contributed by atoms with Crippen LogP contribution in [0.2, 0.25) is 5.28 Å². The largest absolute Gasteiger partial charge is 1.00 e. The van der Waals surface area contributed by atoms with E-state index >= 15 is 0 Å². The fraction of sp³-hybridized carbons (Fsp3) is 0.308.